The topological polar surface area (TPSA) is 75.2 Å². The molecule has 0 N–H and O–H groups in total. The molecular weight excluding hydrogens is 268 g/mol. The van der Waals surface area contributed by atoms with Gasteiger partial charge in [-0.15, -0.1) is 0 Å². The molecule has 0 aliphatic carbocycles. The second kappa shape index (κ2) is 6.04. The van der Waals surface area contributed by atoms with Gasteiger partial charge >= 0.3 is 0 Å². The van der Waals surface area contributed by atoms with Crippen LogP contribution in [0.2, 0.25) is 0 Å². The van der Waals surface area contributed by atoms with E-state index in [0.29, 0.717) is 24.7 Å². The predicted molar refractivity (Wildman–Crippen MR) is 75.2 cm³/mol. The lowest BCUT2D eigenvalue weighted by molar-refractivity contribution is -0.0264. The van der Waals surface area contributed by atoms with E-state index >= 15 is 0 Å². The van der Waals surface area contributed by atoms with E-state index in [2.05, 4.69) is 21.1 Å². The van der Waals surface area contributed by atoms with Crippen molar-refractivity contribution in [3.63, 3.8) is 0 Å². The van der Waals surface area contributed by atoms with E-state index in [1.807, 2.05) is 31.3 Å². The molecule has 1 aliphatic rings. The lowest BCUT2D eigenvalue weighted by Gasteiger charge is -2.27. The van der Waals surface area contributed by atoms with Gasteiger partial charge in [0.2, 0.25) is 5.82 Å². The van der Waals surface area contributed by atoms with Gasteiger partial charge in [0.15, 0.2) is 0 Å². The number of ether oxygens (including phenoxy) is 1. The lowest BCUT2D eigenvalue weighted by atomic mass is 10.1. The molecule has 6 heteroatoms. The first kappa shape index (κ1) is 13.7. The van der Waals surface area contributed by atoms with Crippen LogP contribution in [0.15, 0.2) is 28.8 Å². The minimum atomic E-state index is -0.163. The zero-order valence-electron chi connectivity index (χ0n) is 11.8. The fourth-order valence-electron chi connectivity index (χ4n) is 2.38. The Morgan fingerprint density at radius 2 is 2.29 bits per heavy atom. The summed E-state index contributed by atoms with van der Waals surface area (Å²) in [6, 6.07) is 9.72. The van der Waals surface area contributed by atoms with E-state index in [1.54, 1.807) is 0 Å². The third-order valence-corrected chi connectivity index (χ3v) is 3.52. The third-order valence-electron chi connectivity index (χ3n) is 3.52. The van der Waals surface area contributed by atoms with E-state index in [9.17, 15) is 0 Å². The molecule has 1 aromatic carbocycles. The van der Waals surface area contributed by atoms with Gasteiger partial charge in [0, 0.05) is 18.7 Å². The first-order valence-corrected chi connectivity index (χ1v) is 6.87. The van der Waals surface area contributed by atoms with Crippen molar-refractivity contribution in [2.75, 3.05) is 26.7 Å². The average molecular weight is 284 g/mol. The van der Waals surface area contributed by atoms with Gasteiger partial charge in [-0.2, -0.15) is 10.2 Å². The highest BCUT2D eigenvalue weighted by atomic mass is 16.5. The van der Waals surface area contributed by atoms with Crippen molar-refractivity contribution in [1.82, 2.24) is 15.0 Å². The van der Waals surface area contributed by atoms with E-state index in [4.69, 9.17) is 14.5 Å². The van der Waals surface area contributed by atoms with Gasteiger partial charge in [-0.25, -0.2) is 0 Å². The van der Waals surface area contributed by atoms with Gasteiger partial charge in [0.25, 0.3) is 5.89 Å². The van der Waals surface area contributed by atoms with Gasteiger partial charge in [0.1, 0.15) is 6.10 Å². The number of hydrogen-bond acceptors (Lipinski definition) is 6. The van der Waals surface area contributed by atoms with E-state index in [0.717, 1.165) is 24.2 Å². The molecule has 2 heterocycles. The van der Waals surface area contributed by atoms with Crippen LogP contribution in [0, 0.1) is 11.3 Å². The van der Waals surface area contributed by atoms with Gasteiger partial charge in [-0.1, -0.05) is 23.4 Å². The maximum atomic E-state index is 8.89. The van der Waals surface area contributed by atoms with Crippen LogP contribution in [0.3, 0.4) is 0 Å². The van der Waals surface area contributed by atoms with Gasteiger partial charge in [0.05, 0.1) is 19.1 Å². The van der Waals surface area contributed by atoms with Crippen molar-refractivity contribution in [3.8, 4) is 17.5 Å². The van der Waals surface area contributed by atoms with Crippen LogP contribution in [0.1, 0.15) is 17.5 Å². The molecule has 1 saturated heterocycles. The number of morpholine rings is 1. The predicted octanol–water partition coefficient (Wildman–Crippen LogP) is 1.81. The normalized spacial score (nSPS) is 19.3. The number of nitrogens with zero attached hydrogens (tertiary/aromatic N) is 4. The highest BCUT2D eigenvalue weighted by Gasteiger charge is 2.25. The van der Waals surface area contributed by atoms with Crippen molar-refractivity contribution < 1.29 is 9.26 Å². The minimum Gasteiger partial charge on any atom is -0.367 e. The molecule has 0 bridgehead atoms. The Hall–Kier alpha value is -2.23. The zero-order chi connectivity index (χ0) is 14.7. The van der Waals surface area contributed by atoms with Crippen LogP contribution in [-0.4, -0.2) is 41.8 Å². The smallest absolute Gasteiger partial charge is 0.258 e. The SMILES string of the molecule is CN1CCOC(c2noc(-c3ccccc3CC#N)n2)C1. The fourth-order valence-corrected chi connectivity index (χ4v) is 2.38. The fraction of sp³-hybridized carbons (Fsp3) is 0.400. The Labute approximate surface area is 122 Å². The van der Waals surface area contributed by atoms with Crippen molar-refractivity contribution in [2.24, 2.45) is 0 Å². The average Bonchev–Trinajstić information content (AvgIpc) is 2.98. The van der Waals surface area contributed by atoms with Crippen LogP contribution in [0.5, 0.6) is 0 Å². The Morgan fingerprint density at radius 1 is 1.43 bits per heavy atom. The maximum absolute atomic E-state index is 8.89. The Bertz CT molecular complexity index is 662. The number of likely N-dealkylation sites (N-methyl/N-ethyl adjacent to an activating group) is 1. The molecule has 0 spiro atoms. The second-order valence-corrected chi connectivity index (χ2v) is 5.07. The van der Waals surface area contributed by atoms with Crippen molar-refractivity contribution in [3.05, 3.63) is 35.7 Å². The monoisotopic (exact) mass is 284 g/mol. The summed E-state index contributed by atoms with van der Waals surface area (Å²) in [5, 5.41) is 12.9. The first-order chi connectivity index (χ1) is 10.3. The Kier molecular flexibility index (Phi) is 3.95. The largest absolute Gasteiger partial charge is 0.367 e. The molecule has 6 nitrogen and oxygen atoms in total. The molecule has 3 rings (SSSR count). The highest BCUT2D eigenvalue weighted by Crippen LogP contribution is 2.25. The number of aromatic nitrogens is 2. The summed E-state index contributed by atoms with van der Waals surface area (Å²) in [5.41, 5.74) is 1.69. The Balaban J connectivity index is 1.87. The van der Waals surface area contributed by atoms with Crippen LogP contribution in [0.25, 0.3) is 11.5 Å². The minimum absolute atomic E-state index is 0.163. The van der Waals surface area contributed by atoms with Crippen molar-refractivity contribution >= 4 is 0 Å². The molecule has 1 aliphatic heterocycles. The molecule has 0 saturated carbocycles. The van der Waals surface area contributed by atoms with E-state index < -0.39 is 0 Å². The maximum Gasteiger partial charge on any atom is 0.258 e. The number of hydrogen-bond donors (Lipinski definition) is 0. The standard InChI is InChI=1S/C15H16N4O2/c1-19-8-9-20-13(10-19)14-17-15(21-18-14)12-5-3-2-4-11(12)6-7-16/h2-5,13H,6,8-10H2,1H3. The molecule has 1 unspecified atom stereocenters. The van der Waals surface area contributed by atoms with Crippen LogP contribution >= 0.6 is 0 Å². The Morgan fingerprint density at radius 3 is 3.10 bits per heavy atom. The molecular formula is C15H16N4O2. The summed E-state index contributed by atoms with van der Waals surface area (Å²) >= 11 is 0. The molecule has 0 amide bonds. The molecule has 21 heavy (non-hydrogen) atoms. The van der Waals surface area contributed by atoms with Crippen LogP contribution in [0.4, 0.5) is 0 Å². The molecule has 1 aromatic heterocycles. The number of benzene rings is 1. The second-order valence-electron chi connectivity index (χ2n) is 5.07. The van der Waals surface area contributed by atoms with E-state index in [1.165, 1.54) is 0 Å². The molecule has 108 valence electrons. The highest BCUT2D eigenvalue weighted by molar-refractivity contribution is 5.59. The third kappa shape index (κ3) is 2.94. The zero-order valence-corrected chi connectivity index (χ0v) is 11.8. The van der Waals surface area contributed by atoms with Crippen molar-refractivity contribution in [2.45, 2.75) is 12.5 Å². The lowest BCUT2D eigenvalue weighted by Crippen LogP contribution is -2.35. The first-order valence-electron chi connectivity index (χ1n) is 6.87. The summed E-state index contributed by atoms with van der Waals surface area (Å²) < 4.78 is 11.0. The molecule has 0 radical (unpaired) electrons. The summed E-state index contributed by atoms with van der Waals surface area (Å²) in [4.78, 5) is 6.62. The van der Waals surface area contributed by atoms with Gasteiger partial charge < -0.3 is 14.2 Å². The molecule has 1 atom stereocenters. The quantitative estimate of drug-likeness (QED) is 0.855. The summed E-state index contributed by atoms with van der Waals surface area (Å²) in [6.45, 7) is 2.32. The number of nitriles is 1. The summed E-state index contributed by atoms with van der Waals surface area (Å²) in [6.07, 6.45) is 0.153. The van der Waals surface area contributed by atoms with Gasteiger partial charge in [-0.3, -0.25) is 0 Å². The summed E-state index contributed by atoms with van der Waals surface area (Å²) in [7, 11) is 2.04. The van der Waals surface area contributed by atoms with Crippen molar-refractivity contribution in [1.29, 1.82) is 5.26 Å². The van der Waals surface area contributed by atoms with Crippen LogP contribution in [-0.2, 0) is 11.2 Å². The molecule has 1 fully saturated rings. The summed E-state index contributed by atoms with van der Waals surface area (Å²) in [5.74, 6) is 0.996. The van der Waals surface area contributed by atoms with Gasteiger partial charge in [-0.05, 0) is 18.7 Å². The molecule has 2 aromatic rings. The van der Waals surface area contributed by atoms with Crippen LogP contribution < -0.4 is 0 Å². The number of rotatable bonds is 3. The van der Waals surface area contributed by atoms with E-state index in [-0.39, 0.29) is 6.10 Å².